The van der Waals surface area contributed by atoms with E-state index in [0.717, 1.165) is 6.42 Å². The van der Waals surface area contributed by atoms with Crippen molar-refractivity contribution in [2.75, 3.05) is 18.6 Å². The Morgan fingerprint density at radius 3 is 2.94 bits per heavy atom. The first-order valence-electron chi connectivity index (χ1n) is 6.24. The number of hydrogen-bond donors (Lipinski definition) is 1. The summed E-state index contributed by atoms with van der Waals surface area (Å²) in [6.45, 7) is 0. The molecule has 1 aliphatic rings. The van der Waals surface area contributed by atoms with Crippen LogP contribution in [0.4, 0.5) is 4.39 Å². The summed E-state index contributed by atoms with van der Waals surface area (Å²) >= 11 is 1.99. The second kappa shape index (κ2) is 6.38. The molecule has 100 valence electrons. The van der Waals surface area contributed by atoms with Gasteiger partial charge in [-0.2, -0.15) is 11.8 Å². The standard InChI is InChI=1S/C13H19FN2OS/c1-17-13-12(14)10(2-5-16-13)11(15)8-9-3-6-18-7-4-9/h2,5,9,11H,3-4,6-8,15H2,1H3. The number of ether oxygens (including phenoxy) is 1. The third-order valence-electron chi connectivity index (χ3n) is 3.41. The fourth-order valence-electron chi connectivity index (χ4n) is 2.34. The molecule has 1 fully saturated rings. The highest BCUT2D eigenvalue weighted by molar-refractivity contribution is 7.99. The fourth-order valence-corrected chi connectivity index (χ4v) is 3.54. The highest BCUT2D eigenvalue weighted by atomic mass is 32.2. The Balaban J connectivity index is 2.05. The SMILES string of the molecule is COc1nccc(C(N)CC2CCSCC2)c1F. The van der Waals surface area contributed by atoms with E-state index in [-0.39, 0.29) is 11.9 Å². The van der Waals surface area contributed by atoms with E-state index in [1.54, 1.807) is 12.3 Å². The third kappa shape index (κ3) is 3.14. The van der Waals surface area contributed by atoms with Crippen LogP contribution in [0.2, 0.25) is 0 Å². The van der Waals surface area contributed by atoms with Gasteiger partial charge in [0.25, 0.3) is 0 Å². The summed E-state index contributed by atoms with van der Waals surface area (Å²) in [4.78, 5) is 3.83. The van der Waals surface area contributed by atoms with Crippen molar-refractivity contribution in [3.05, 3.63) is 23.6 Å². The van der Waals surface area contributed by atoms with Crippen molar-refractivity contribution in [3.8, 4) is 5.88 Å². The van der Waals surface area contributed by atoms with Crippen molar-refractivity contribution in [1.82, 2.24) is 4.98 Å². The van der Waals surface area contributed by atoms with Crippen LogP contribution in [0.15, 0.2) is 12.3 Å². The highest BCUT2D eigenvalue weighted by Gasteiger charge is 2.21. The number of halogens is 1. The molecule has 2 N–H and O–H groups in total. The molecule has 1 aromatic rings. The monoisotopic (exact) mass is 270 g/mol. The van der Waals surface area contributed by atoms with Crippen LogP contribution >= 0.6 is 11.8 Å². The van der Waals surface area contributed by atoms with Crippen LogP contribution in [0.3, 0.4) is 0 Å². The van der Waals surface area contributed by atoms with Crippen molar-refractivity contribution in [3.63, 3.8) is 0 Å². The Morgan fingerprint density at radius 2 is 2.28 bits per heavy atom. The number of nitrogens with two attached hydrogens (primary N) is 1. The largest absolute Gasteiger partial charge is 0.479 e. The van der Waals surface area contributed by atoms with Crippen LogP contribution in [0, 0.1) is 11.7 Å². The van der Waals surface area contributed by atoms with Gasteiger partial charge < -0.3 is 10.5 Å². The maximum atomic E-state index is 14.0. The first-order chi connectivity index (χ1) is 8.72. The molecule has 2 heterocycles. The quantitative estimate of drug-likeness (QED) is 0.914. The van der Waals surface area contributed by atoms with E-state index in [1.165, 1.54) is 31.5 Å². The minimum atomic E-state index is -0.419. The molecule has 0 aliphatic carbocycles. The second-order valence-corrected chi connectivity index (χ2v) is 5.85. The lowest BCUT2D eigenvalue weighted by molar-refractivity contribution is 0.358. The van der Waals surface area contributed by atoms with Crippen LogP contribution in [0.1, 0.15) is 30.9 Å². The summed E-state index contributed by atoms with van der Waals surface area (Å²) in [5, 5.41) is 0. The zero-order valence-corrected chi connectivity index (χ0v) is 11.4. The van der Waals surface area contributed by atoms with E-state index in [4.69, 9.17) is 10.5 Å². The van der Waals surface area contributed by atoms with Gasteiger partial charge in [-0.15, -0.1) is 0 Å². The van der Waals surface area contributed by atoms with Gasteiger partial charge in [0.2, 0.25) is 5.88 Å². The topological polar surface area (TPSA) is 48.1 Å². The molecule has 0 bridgehead atoms. The number of aromatic nitrogens is 1. The molecule has 1 aliphatic heterocycles. The molecule has 0 saturated carbocycles. The van der Waals surface area contributed by atoms with Gasteiger partial charge in [-0.05, 0) is 42.8 Å². The van der Waals surface area contributed by atoms with Gasteiger partial charge in [0, 0.05) is 17.8 Å². The van der Waals surface area contributed by atoms with E-state index < -0.39 is 5.82 Å². The van der Waals surface area contributed by atoms with E-state index in [1.807, 2.05) is 11.8 Å². The molecule has 1 aromatic heterocycles. The van der Waals surface area contributed by atoms with E-state index in [9.17, 15) is 4.39 Å². The minimum absolute atomic E-state index is 0.0298. The van der Waals surface area contributed by atoms with Crippen LogP contribution in [-0.4, -0.2) is 23.6 Å². The number of thioether (sulfide) groups is 1. The predicted octanol–water partition coefficient (Wildman–Crippen LogP) is 2.76. The summed E-state index contributed by atoms with van der Waals surface area (Å²) < 4.78 is 18.9. The average Bonchev–Trinajstić information content (AvgIpc) is 2.40. The predicted molar refractivity (Wildman–Crippen MR) is 72.3 cm³/mol. The fraction of sp³-hybridized carbons (Fsp3) is 0.615. The van der Waals surface area contributed by atoms with Crippen LogP contribution in [0.5, 0.6) is 5.88 Å². The van der Waals surface area contributed by atoms with Gasteiger partial charge in [-0.3, -0.25) is 0 Å². The second-order valence-electron chi connectivity index (χ2n) is 4.62. The molecule has 0 radical (unpaired) electrons. The highest BCUT2D eigenvalue weighted by Crippen LogP contribution is 2.31. The summed E-state index contributed by atoms with van der Waals surface area (Å²) in [7, 11) is 1.42. The van der Waals surface area contributed by atoms with Gasteiger partial charge in [-0.25, -0.2) is 9.37 Å². The smallest absolute Gasteiger partial charge is 0.250 e. The van der Waals surface area contributed by atoms with Crippen LogP contribution in [-0.2, 0) is 0 Å². The minimum Gasteiger partial charge on any atom is -0.479 e. The lowest BCUT2D eigenvalue weighted by Gasteiger charge is -2.24. The zero-order chi connectivity index (χ0) is 13.0. The molecule has 0 aromatic carbocycles. The molecule has 1 unspecified atom stereocenters. The molecule has 0 amide bonds. The normalized spacial score (nSPS) is 18.6. The van der Waals surface area contributed by atoms with Gasteiger partial charge in [0.05, 0.1) is 7.11 Å². The molecule has 18 heavy (non-hydrogen) atoms. The molecular formula is C13H19FN2OS. The third-order valence-corrected chi connectivity index (χ3v) is 4.46. The summed E-state index contributed by atoms with van der Waals surface area (Å²) in [6.07, 6.45) is 4.75. The molecule has 3 nitrogen and oxygen atoms in total. The van der Waals surface area contributed by atoms with Crippen LogP contribution < -0.4 is 10.5 Å². The van der Waals surface area contributed by atoms with Gasteiger partial charge in [0.15, 0.2) is 5.82 Å². The molecule has 0 spiro atoms. The summed E-state index contributed by atoms with van der Waals surface area (Å²) in [5.41, 5.74) is 6.63. The van der Waals surface area contributed by atoms with E-state index in [0.29, 0.717) is 11.5 Å². The lowest BCUT2D eigenvalue weighted by Crippen LogP contribution is -2.20. The van der Waals surface area contributed by atoms with Crippen molar-refractivity contribution in [1.29, 1.82) is 0 Å². The van der Waals surface area contributed by atoms with Gasteiger partial charge >= 0.3 is 0 Å². The van der Waals surface area contributed by atoms with Gasteiger partial charge in [-0.1, -0.05) is 0 Å². The van der Waals surface area contributed by atoms with Crippen LogP contribution in [0.25, 0.3) is 0 Å². The summed E-state index contributed by atoms with van der Waals surface area (Å²) in [6, 6.07) is 1.38. The number of pyridine rings is 1. The Bertz CT molecular complexity index is 397. The molecule has 5 heteroatoms. The van der Waals surface area contributed by atoms with Gasteiger partial charge in [0.1, 0.15) is 0 Å². The Hall–Kier alpha value is -0.810. The van der Waals surface area contributed by atoms with E-state index in [2.05, 4.69) is 4.98 Å². The van der Waals surface area contributed by atoms with E-state index >= 15 is 0 Å². The average molecular weight is 270 g/mol. The molecule has 1 saturated heterocycles. The van der Waals surface area contributed by atoms with Crippen molar-refractivity contribution < 1.29 is 9.13 Å². The number of nitrogens with zero attached hydrogens (tertiary/aromatic N) is 1. The molecule has 1 atom stereocenters. The first-order valence-corrected chi connectivity index (χ1v) is 7.39. The maximum Gasteiger partial charge on any atom is 0.250 e. The number of hydrogen-bond acceptors (Lipinski definition) is 4. The molecular weight excluding hydrogens is 251 g/mol. The Kier molecular flexibility index (Phi) is 4.83. The van der Waals surface area contributed by atoms with Crippen molar-refractivity contribution in [2.45, 2.75) is 25.3 Å². The molecule has 2 rings (SSSR count). The number of rotatable bonds is 4. The summed E-state index contributed by atoms with van der Waals surface area (Å²) in [5.74, 6) is 2.61. The Labute approximate surface area is 111 Å². The maximum absolute atomic E-state index is 14.0. The lowest BCUT2D eigenvalue weighted by atomic mass is 9.91. The van der Waals surface area contributed by atoms with Crippen molar-refractivity contribution >= 4 is 11.8 Å². The number of methoxy groups -OCH3 is 1. The zero-order valence-electron chi connectivity index (χ0n) is 10.6. The van der Waals surface area contributed by atoms with Crippen molar-refractivity contribution in [2.24, 2.45) is 11.7 Å². The first kappa shape index (κ1) is 13.6. The Morgan fingerprint density at radius 1 is 1.56 bits per heavy atom.